The molecule has 5 rings (SSSR count). The lowest BCUT2D eigenvalue weighted by molar-refractivity contribution is 0.0520. The Labute approximate surface area is 161 Å². The van der Waals surface area contributed by atoms with Crippen molar-refractivity contribution in [3.63, 3.8) is 0 Å². The lowest BCUT2D eigenvalue weighted by atomic mass is 9.92. The van der Waals surface area contributed by atoms with Gasteiger partial charge in [-0.3, -0.25) is 14.8 Å². The number of hydrogen-bond acceptors (Lipinski definition) is 5. The highest BCUT2D eigenvalue weighted by atomic mass is 32.2. The smallest absolute Gasteiger partial charge is 0.254 e. The van der Waals surface area contributed by atoms with Gasteiger partial charge in [0.2, 0.25) is 0 Å². The number of ether oxygens (including phenoxy) is 1. The van der Waals surface area contributed by atoms with Gasteiger partial charge in [-0.15, -0.1) is 11.8 Å². The number of fused-ring (bicyclic) bond motifs is 1. The highest BCUT2D eigenvalue weighted by molar-refractivity contribution is 8.01. The number of pyridine rings is 2. The topological polar surface area (TPSA) is 55.3 Å². The number of thioether (sulfide) groups is 1. The van der Waals surface area contributed by atoms with E-state index >= 15 is 0 Å². The molecule has 2 aromatic heterocycles. The molecule has 2 fully saturated rings. The number of aromatic nitrogens is 2. The molecule has 1 atom stereocenters. The van der Waals surface area contributed by atoms with Crippen LogP contribution in [0.1, 0.15) is 16.8 Å². The fraction of sp³-hybridized carbons (Fsp3) is 0.286. The van der Waals surface area contributed by atoms with Crippen LogP contribution in [-0.2, 0) is 0 Å². The van der Waals surface area contributed by atoms with Crippen molar-refractivity contribution in [1.82, 2.24) is 14.9 Å². The van der Waals surface area contributed by atoms with E-state index in [1.807, 2.05) is 59.1 Å². The van der Waals surface area contributed by atoms with Crippen LogP contribution in [0, 0.1) is 0 Å². The molecule has 1 spiro atoms. The molecule has 0 saturated carbocycles. The minimum atomic E-state index is 0.0939. The lowest BCUT2D eigenvalue weighted by Gasteiger charge is -2.47. The number of hydrogen-bond donors (Lipinski definition) is 0. The number of amides is 1. The number of rotatable bonds is 3. The van der Waals surface area contributed by atoms with E-state index in [9.17, 15) is 4.79 Å². The van der Waals surface area contributed by atoms with Crippen LogP contribution in [0.3, 0.4) is 0 Å². The average molecular weight is 377 g/mol. The molecule has 2 aliphatic heterocycles. The number of likely N-dealkylation sites (tertiary alicyclic amines) is 1. The Morgan fingerprint density at radius 3 is 2.89 bits per heavy atom. The van der Waals surface area contributed by atoms with Gasteiger partial charge in [0.1, 0.15) is 11.9 Å². The van der Waals surface area contributed by atoms with Crippen molar-refractivity contribution in [1.29, 1.82) is 0 Å². The van der Waals surface area contributed by atoms with Crippen molar-refractivity contribution in [3.05, 3.63) is 66.6 Å². The van der Waals surface area contributed by atoms with E-state index in [0.717, 1.165) is 47.5 Å². The molecule has 0 aliphatic carbocycles. The van der Waals surface area contributed by atoms with Crippen LogP contribution in [0.2, 0.25) is 0 Å². The Morgan fingerprint density at radius 1 is 1.15 bits per heavy atom. The summed E-state index contributed by atoms with van der Waals surface area (Å²) in [5.41, 5.74) is 1.60. The summed E-state index contributed by atoms with van der Waals surface area (Å²) < 4.78 is 6.18. The second kappa shape index (κ2) is 6.53. The average Bonchev–Trinajstić information content (AvgIpc) is 3.11. The summed E-state index contributed by atoms with van der Waals surface area (Å²) in [6.07, 6.45) is 6.36. The molecule has 2 aliphatic rings. The van der Waals surface area contributed by atoms with Gasteiger partial charge >= 0.3 is 0 Å². The molecule has 1 aromatic carbocycles. The van der Waals surface area contributed by atoms with Gasteiger partial charge in [0.05, 0.1) is 22.0 Å². The Bertz CT molecular complexity index is 984. The summed E-state index contributed by atoms with van der Waals surface area (Å²) in [7, 11) is 0. The molecule has 6 heteroatoms. The first kappa shape index (κ1) is 16.6. The molecule has 136 valence electrons. The molecule has 2 saturated heterocycles. The van der Waals surface area contributed by atoms with Crippen molar-refractivity contribution >= 4 is 28.6 Å². The van der Waals surface area contributed by atoms with Gasteiger partial charge in [-0.2, -0.15) is 0 Å². The highest BCUT2D eigenvalue weighted by Gasteiger charge is 2.51. The molecule has 3 aromatic rings. The third kappa shape index (κ3) is 3.04. The van der Waals surface area contributed by atoms with E-state index in [1.165, 1.54) is 0 Å². The molecule has 5 nitrogen and oxygen atoms in total. The molecule has 0 radical (unpaired) electrons. The molecule has 0 N–H and O–H groups in total. The minimum Gasteiger partial charge on any atom is -0.488 e. The summed E-state index contributed by atoms with van der Waals surface area (Å²) in [5.74, 6) is 1.86. The maximum absolute atomic E-state index is 13.0. The first-order chi connectivity index (χ1) is 13.2. The normalized spacial score (nSPS) is 20.6. The molecule has 0 bridgehead atoms. The van der Waals surface area contributed by atoms with Crippen molar-refractivity contribution < 1.29 is 9.53 Å². The predicted octanol–water partition coefficient (Wildman–Crippen LogP) is 3.41. The molecule has 27 heavy (non-hydrogen) atoms. The third-order valence-electron chi connectivity index (χ3n) is 5.24. The number of nitrogens with zero attached hydrogens (tertiary/aromatic N) is 3. The van der Waals surface area contributed by atoms with Crippen molar-refractivity contribution in [2.75, 3.05) is 18.8 Å². The molecule has 0 unspecified atom stereocenters. The van der Waals surface area contributed by atoms with Crippen molar-refractivity contribution in [3.8, 4) is 5.75 Å². The monoisotopic (exact) mass is 377 g/mol. The van der Waals surface area contributed by atoms with Crippen LogP contribution in [0.4, 0.5) is 0 Å². The van der Waals surface area contributed by atoms with Crippen LogP contribution in [0.5, 0.6) is 5.75 Å². The Balaban J connectivity index is 1.26. The van der Waals surface area contributed by atoms with Crippen LogP contribution in [0.25, 0.3) is 10.9 Å². The zero-order valence-electron chi connectivity index (χ0n) is 14.7. The predicted molar refractivity (Wildman–Crippen MR) is 106 cm³/mol. The number of carbonyl (C=O) groups excluding carboxylic acids is 1. The van der Waals surface area contributed by atoms with E-state index in [1.54, 1.807) is 18.6 Å². The van der Waals surface area contributed by atoms with Crippen molar-refractivity contribution in [2.24, 2.45) is 0 Å². The summed E-state index contributed by atoms with van der Waals surface area (Å²) in [6.45, 7) is 1.56. The maximum atomic E-state index is 13.0. The minimum absolute atomic E-state index is 0.0939. The van der Waals surface area contributed by atoms with Crippen LogP contribution >= 0.6 is 11.8 Å². The molecule has 1 amide bonds. The van der Waals surface area contributed by atoms with E-state index < -0.39 is 0 Å². The second-order valence-corrected chi connectivity index (χ2v) is 8.65. The van der Waals surface area contributed by atoms with E-state index in [-0.39, 0.29) is 16.8 Å². The van der Waals surface area contributed by atoms with Gasteiger partial charge in [0, 0.05) is 43.0 Å². The zero-order valence-corrected chi connectivity index (χ0v) is 15.6. The third-order valence-corrected chi connectivity index (χ3v) is 6.81. The first-order valence-corrected chi connectivity index (χ1v) is 10.0. The van der Waals surface area contributed by atoms with Gasteiger partial charge in [-0.1, -0.05) is 18.2 Å². The van der Waals surface area contributed by atoms with Crippen LogP contribution in [-0.4, -0.2) is 50.5 Å². The van der Waals surface area contributed by atoms with Crippen LogP contribution in [0.15, 0.2) is 61.1 Å². The lowest BCUT2D eigenvalue weighted by Crippen LogP contribution is -2.60. The van der Waals surface area contributed by atoms with Gasteiger partial charge in [0.15, 0.2) is 0 Å². The largest absolute Gasteiger partial charge is 0.488 e. The van der Waals surface area contributed by atoms with E-state index in [4.69, 9.17) is 4.74 Å². The molecular formula is C21H19N3O2S. The van der Waals surface area contributed by atoms with Gasteiger partial charge in [0.25, 0.3) is 5.91 Å². The number of carbonyl (C=O) groups is 1. The van der Waals surface area contributed by atoms with Crippen LogP contribution < -0.4 is 4.74 Å². The fourth-order valence-corrected chi connectivity index (χ4v) is 5.48. The Hall–Kier alpha value is -2.60. The summed E-state index contributed by atoms with van der Waals surface area (Å²) in [5, 5.41) is 0.919. The quantitative estimate of drug-likeness (QED) is 0.700. The Kier molecular flexibility index (Phi) is 4.01. The van der Waals surface area contributed by atoms with Gasteiger partial charge < -0.3 is 9.64 Å². The molecular weight excluding hydrogens is 358 g/mol. The second-order valence-electron chi connectivity index (χ2n) is 7.16. The summed E-state index contributed by atoms with van der Waals surface area (Å²) in [6, 6.07) is 13.4. The number of benzene rings is 1. The SMILES string of the molecule is O=C(c1ccnc2ccccc12)N1CC2(C[C@H](Oc3cccnc3)CS2)C1. The highest BCUT2D eigenvalue weighted by Crippen LogP contribution is 2.46. The Morgan fingerprint density at radius 2 is 2.04 bits per heavy atom. The van der Waals surface area contributed by atoms with Gasteiger partial charge in [-0.05, 0) is 24.3 Å². The maximum Gasteiger partial charge on any atom is 0.254 e. The fourth-order valence-electron chi connectivity index (χ4n) is 3.95. The van der Waals surface area contributed by atoms with E-state index in [2.05, 4.69) is 9.97 Å². The summed E-state index contributed by atoms with van der Waals surface area (Å²) >= 11 is 1.93. The zero-order chi connectivity index (χ0) is 18.3. The first-order valence-electron chi connectivity index (χ1n) is 9.06. The summed E-state index contributed by atoms with van der Waals surface area (Å²) in [4.78, 5) is 23.4. The molecule has 4 heterocycles. The van der Waals surface area contributed by atoms with E-state index in [0.29, 0.717) is 0 Å². The van der Waals surface area contributed by atoms with Crippen molar-refractivity contribution in [2.45, 2.75) is 17.3 Å². The van der Waals surface area contributed by atoms with Gasteiger partial charge in [-0.25, -0.2) is 0 Å². The standard InChI is InChI=1S/C21H19N3O2S/c25-20(18-7-9-23-19-6-2-1-5-17(18)19)24-13-21(14-24)10-16(12-27-21)26-15-4-3-8-22-11-15/h1-9,11,16H,10,12-14H2/t16-/m0/s1. The number of para-hydroxylation sites is 1.